The zero-order valence-electron chi connectivity index (χ0n) is 12.6. The Hall–Kier alpha value is -1.42. The van der Waals surface area contributed by atoms with Gasteiger partial charge in [0.1, 0.15) is 0 Å². The number of piperidine rings is 1. The highest BCUT2D eigenvalue weighted by Gasteiger charge is 2.31. The average Bonchev–Trinajstić information content (AvgIpc) is 2.69. The lowest BCUT2D eigenvalue weighted by Gasteiger charge is -2.29. The van der Waals surface area contributed by atoms with Gasteiger partial charge in [0.05, 0.1) is 0 Å². The second-order valence-electron chi connectivity index (χ2n) is 6.42. The first-order valence-corrected chi connectivity index (χ1v) is 7.46. The molecule has 0 aromatic heterocycles. The second kappa shape index (κ2) is 5.17. The maximum Gasteiger partial charge on any atom is 0.246 e. The van der Waals surface area contributed by atoms with Crippen LogP contribution in [0.5, 0.6) is 11.5 Å². The van der Waals surface area contributed by atoms with Crippen molar-refractivity contribution in [1.29, 1.82) is 0 Å². The minimum absolute atomic E-state index is 0.549. The Morgan fingerprint density at radius 2 is 2.10 bits per heavy atom. The van der Waals surface area contributed by atoms with Crippen molar-refractivity contribution in [1.82, 2.24) is 4.90 Å². The average molecular weight is 276 g/mol. The molecule has 1 atom stereocenters. The van der Waals surface area contributed by atoms with Gasteiger partial charge in [-0.1, -0.05) is 0 Å². The van der Waals surface area contributed by atoms with Crippen LogP contribution < -0.4 is 14.8 Å². The predicted molar refractivity (Wildman–Crippen MR) is 80.5 cm³/mol. The van der Waals surface area contributed by atoms with Gasteiger partial charge >= 0.3 is 0 Å². The van der Waals surface area contributed by atoms with Gasteiger partial charge in [0.15, 0.2) is 11.5 Å². The van der Waals surface area contributed by atoms with E-state index >= 15 is 0 Å². The molecule has 0 aliphatic carbocycles. The fourth-order valence-corrected chi connectivity index (χ4v) is 3.03. The molecule has 4 heteroatoms. The van der Waals surface area contributed by atoms with Crippen molar-refractivity contribution in [3.63, 3.8) is 0 Å². The highest BCUT2D eigenvalue weighted by Crippen LogP contribution is 2.40. The van der Waals surface area contributed by atoms with E-state index in [1.807, 2.05) is 26.0 Å². The van der Waals surface area contributed by atoms with Gasteiger partial charge in [0, 0.05) is 38.7 Å². The molecule has 0 bridgehead atoms. The molecule has 0 spiro atoms. The number of likely N-dealkylation sites (tertiary alicyclic amines) is 1. The molecule has 0 amide bonds. The van der Waals surface area contributed by atoms with Crippen LogP contribution in [0.25, 0.3) is 0 Å². The summed E-state index contributed by atoms with van der Waals surface area (Å²) in [4.78, 5) is 2.41. The first kappa shape index (κ1) is 13.6. The van der Waals surface area contributed by atoms with Gasteiger partial charge < -0.3 is 19.7 Å². The Kier molecular flexibility index (Phi) is 3.50. The molecular weight excluding hydrogens is 252 g/mol. The van der Waals surface area contributed by atoms with E-state index in [1.54, 1.807) is 0 Å². The summed E-state index contributed by atoms with van der Waals surface area (Å²) in [7, 11) is 2.20. The molecule has 0 radical (unpaired) electrons. The highest BCUT2D eigenvalue weighted by molar-refractivity contribution is 5.56. The standard InChI is InChI=1S/C16H24N2O2/c1-16(2)19-14-7-6-13(9-15(14)20-16)17-10-12-5-4-8-18(3)11-12/h6-7,9,12,17H,4-5,8,10-11H2,1-3H3. The minimum atomic E-state index is -0.549. The maximum atomic E-state index is 5.77. The van der Waals surface area contributed by atoms with Crippen LogP contribution in [0.4, 0.5) is 5.69 Å². The number of hydrogen-bond donors (Lipinski definition) is 1. The zero-order chi connectivity index (χ0) is 14.2. The number of fused-ring (bicyclic) bond motifs is 1. The lowest BCUT2D eigenvalue weighted by molar-refractivity contribution is -0.0431. The topological polar surface area (TPSA) is 33.7 Å². The fourth-order valence-electron chi connectivity index (χ4n) is 3.03. The summed E-state index contributed by atoms with van der Waals surface area (Å²) in [5, 5.41) is 3.53. The van der Waals surface area contributed by atoms with E-state index < -0.39 is 5.79 Å². The van der Waals surface area contributed by atoms with Crippen molar-refractivity contribution in [2.75, 3.05) is 32.0 Å². The quantitative estimate of drug-likeness (QED) is 0.920. The van der Waals surface area contributed by atoms with Crippen LogP contribution in [0.1, 0.15) is 26.7 Å². The molecule has 3 rings (SSSR count). The van der Waals surface area contributed by atoms with Crippen molar-refractivity contribution >= 4 is 5.69 Å². The molecule has 1 saturated heterocycles. The summed E-state index contributed by atoms with van der Waals surface area (Å²) in [6.07, 6.45) is 2.62. The van der Waals surface area contributed by atoms with Crippen molar-refractivity contribution in [2.24, 2.45) is 5.92 Å². The lowest BCUT2D eigenvalue weighted by atomic mass is 9.98. The lowest BCUT2D eigenvalue weighted by Crippen LogP contribution is -2.35. The minimum Gasteiger partial charge on any atom is -0.449 e. The Labute approximate surface area is 121 Å². The molecule has 2 aliphatic heterocycles. The number of ether oxygens (including phenoxy) is 2. The normalized spacial score (nSPS) is 24.6. The van der Waals surface area contributed by atoms with Gasteiger partial charge in [-0.05, 0) is 44.5 Å². The van der Waals surface area contributed by atoms with E-state index in [9.17, 15) is 0 Å². The molecule has 1 unspecified atom stereocenters. The van der Waals surface area contributed by atoms with Crippen LogP contribution in [0, 0.1) is 5.92 Å². The highest BCUT2D eigenvalue weighted by atomic mass is 16.7. The summed E-state index contributed by atoms with van der Waals surface area (Å²) in [6.45, 7) is 7.30. The number of anilines is 1. The van der Waals surface area contributed by atoms with Gasteiger partial charge in [-0.3, -0.25) is 0 Å². The Morgan fingerprint density at radius 3 is 2.90 bits per heavy atom. The number of hydrogen-bond acceptors (Lipinski definition) is 4. The molecule has 0 saturated carbocycles. The van der Waals surface area contributed by atoms with Crippen LogP contribution in [0.15, 0.2) is 18.2 Å². The molecule has 1 aromatic rings. The summed E-state index contributed by atoms with van der Waals surface area (Å²) in [5.41, 5.74) is 1.11. The third kappa shape index (κ3) is 3.01. The molecule has 1 aromatic carbocycles. The number of benzene rings is 1. The second-order valence-corrected chi connectivity index (χ2v) is 6.42. The van der Waals surface area contributed by atoms with Gasteiger partial charge in [0.2, 0.25) is 5.79 Å². The molecule has 1 fully saturated rings. The molecule has 1 N–H and O–H groups in total. The summed E-state index contributed by atoms with van der Waals surface area (Å²) in [6, 6.07) is 6.09. The van der Waals surface area contributed by atoms with Crippen LogP contribution in [0.2, 0.25) is 0 Å². The van der Waals surface area contributed by atoms with Crippen LogP contribution in [-0.2, 0) is 0 Å². The summed E-state index contributed by atoms with van der Waals surface area (Å²) >= 11 is 0. The number of nitrogens with zero attached hydrogens (tertiary/aromatic N) is 1. The van der Waals surface area contributed by atoms with Crippen molar-refractivity contribution in [2.45, 2.75) is 32.5 Å². The molecule has 110 valence electrons. The predicted octanol–water partition coefficient (Wildman–Crippen LogP) is 2.95. The third-order valence-electron chi connectivity index (χ3n) is 3.97. The molecular formula is C16H24N2O2. The molecule has 2 aliphatic rings. The van der Waals surface area contributed by atoms with Crippen LogP contribution in [0.3, 0.4) is 0 Å². The van der Waals surface area contributed by atoms with Crippen LogP contribution >= 0.6 is 0 Å². The van der Waals surface area contributed by atoms with Crippen molar-refractivity contribution in [3.05, 3.63) is 18.2 Å². The van der Waals surface area contributed by atoms with Crippen molar-refractivity contribution < 1.29 is 9.47 Å². The number of nitrogens with one attached hydrogen (secondary N) is 1. The van der Waals surface area contributed by atoms with Gasteiger partial charge in [0.25, 0.3) is 0 Å². The Bertz CT molecular complexity index is 487. The van der Waals surface area contributed by atoms with Crippen LogP contribution in [-0.4, -0.2) is 37.4 Å². The molecule has 4 nitrogen and oxygen atoms in total. The molecule has 20 heavy (non-hydrogen) atoms. The van der Waals surface area contributed by atoms with E-state index in [0.717, 1.165) is 29.6 Å². The maximum absolute atomic E-state index is 5.77. The van der Waals surface area contributed by atoms with Crippen molar-refractivity contribution in [3.8, 4) is 11.5 Å². The van der Waals surface area contributed by atoms with E-state index in [2.05, 4.69) is 23.3 Å². The smallest absolute Gasteiger partial charge is 0.246 e. The van der Waals surface area contributed by atoms with Gasteiger partial charge in [-0.25, -0.2) is 0 Å². The largest absolute Gasteiger partial charge is 0.449 e. The third-order valence-corrected chi connectivity index (χ3v) is 3.97. The number of rotatable bonds is 3. The van der Waals surface area contributed by atoms with E-state index in [0.29, 0.717) is 0 Å². The fraction of sp³-hybridized carbons (Fsp3) is 0.625. The summed E-state index contributed by atoms with van der Waals surface area (Å²) < 4.78 is 11.5. The van der Waals surface area contributed by atoms with E-state index in [-0.39, 0.29) is 0 Å². The van der Waals surface area contributed by atoms with Gasteiger partial charge in [-0.15, -0.1) is 0 Å². The van der Waals surface area contributed by atoms with E-state index in [4.69, 9.17) is 9.47 Å². The SMILES string of the molecule is CN1CCCC(CNc2ccc3c(c2)OC(C)(C)O3)C1. The monoisotopic (exact) mass is 276 g/mol. The summed E-state index contributed by atoms with van der Waals surface area (Å²) in [5.74, 6) is 1.85. The Morgan fingerprint density at radius 1 is 1.30 bits per heavy atom. The first-order chi connectivity index (χ1) is 9.52. The first-order valence-electron chi connectivity index (χ1n) is 7.46. The van der Waals surface area contributed by atoms with E-state index in [1.165, 1.54) is 25.9 Å². The van der Waals surface area contributed by atoms with Gasteiger partial charge in [-0.2, -0.15) is 0 Å². The zero-order valence-corrected chi connectivity index (χ0v) is 12.6. The Balaban J connectivity index is 1.59. The molecule has 2 heterocycles.